The van der Waals surface area contributed by atoms with Crippen molar-refractivity contribution in [3.8, 4) is 11.5 Å². The summed E-state index contributed by atoms with van der Waals surface area (Å²) in [5.41, 5.74) is 2.48. The third-order valence-corrected chi connectivity index (χ3v) is 6.45. The van der Waals surface area contributed by atoms with E-state index in [0.29, 0.717) is 18.2 Å². The van der Waals surface area contributed by atoms with Crippen LogP contribution in [0.4, 0.5) is 0 Å². The van der Waals surface area contributed by atoms with Gasteiger partial charge >= 0.3 is 0 Å². The Kier molecular flexibility index (Phi) is 5.34. The lowest BCUT2D eigenvalue weighted by atomic mass is 9.85. The minimum absolute atomic E-state index is 0.0918. The van der Waals surface area contributed by atoms with E-state index < -0.39 is 0 Å². The van der Waals surface area contributed by atoms with Gasteiger partial charge in [0.2, 0.25) is 0 Å². The quantitative estimate of drug-likeness (QED) is 0.707. The largest absolute Gasteiger partial charge is 0.493 e. The first kappa shape index (κ1) is 19.4. The Labute approximate surface area is 168 Å². The fraction of sp³-hybridized carbons (Fsp3) is 0.727. The number of fused-ring (bicyclic) bond motifs is 3. The molecule has 1 aromatic carbocycles. The van der Waals surface area contributed by atoms with Crippen molar-refractivity contribution in [2.24, 2.45) is 0 Å². The molecule has 1 saturated heterocycles. The number of hydrogen-bond donors (Lipinski definition) is 0. The van der Waals surface area contributed by atoms with Gasteiger partial charge in [0.25, 0.3) is 0 Å². The Morgan fingerprint density at radius 3 is 2.52 bits per heavy atom. The fourth-order valence-corrected chi connectivity index (χ4v) is 4.93. The van der Waals surface area contributed by atoms with Crippen molar-refractivity contribution in [1.29, 1.82) is 0 Å². The van der Waals surface area contributed by atoms with Gasteiger partial charge < -0.3 is 14.2 Å². The van der Waals surface area contributed by atoms with E-state index in [9.17, 15) is 0 Å². The second-order valence-electron chi connectivity index (χ2n) is 9.15. The first-order valence-electron chi connectivity index (χ1n) is 10.3. The molecule has 2 fully saturated rings. The molecule has 27 heavy (non-hydrogen) atoms. The van der Waals surface area contributed by atoms with Gasteiger partial charge in [-0.1, -0.05) is 11.6 Å². The van der Waals surface area contributed by atoms with Crippen LogP contribution in [0.25, 0.3) is 0 Å². The molecule has 1 saturated carbocycles. The van der Waals surface area contributed by atoms with E-state index in [2.05, 4.69) is 31.7 Å². The zero-order chi connectivity index (χ0) is 19.2. The Bertz CT molecular complexity index is 696. The van der Waals surface area contributed by atoms with E-state index in [1.807, 2.05) is 0 Å². The van der Waals surface area contributed by atoms with Crippen molar-refractivity contribution >= 4 is 11.6 Å². The molecule has 4 nitrogen and oxygen atoms in total. The van der Waals surface area contributed by atoms with Gasteiger partial charge in [-0.3, -0.25) is 4.90 Å². The average Bonchev–Trinajstić information content (AvgIpc) is 2.57. The Balaban J connectivity index is 1.58. The topological polar surface area (TPSA) is 30.9 Å². The number of rotatable bonds is 4. The minimum atomic E-state index is -0.0918. The summed E-state index contributed by atoms with van der Waals surface area (Å²) >= 11 is 6.83. The van der Waals surface area contributed by atoms with Crippen LogP contribution in [0.3, 0.4) is 0 Å². The average molecular weight is 394 g/mol. The van der Waals surface area contributed by atoms with Gasteiger partial charge in [-0.25, -0.2) is 0 Å². The summed E-state index contributed by atoms with van der Waals surface area (Å²) in [6, 6.07) is 2.58. The first-order chi connectivity index (χ1) is 12.9. The monoisotopic (exact) mass is 393 g/mol. The van der Waals surface area contributed by atoms with Gasteiger partial charge in [-0.05, 0) is 76.5 Å². The van der Waals surface area contributed by atoms with Crippen LogP contribution in [0, 0.1) is 0 Å². The summed E-state index contributed by atoms with van der Waals surface area (Å²) in [4.78, 5) is 2.56. The van der Waals surface area contributed by atoms with Crippen molar-refractivity contribution < 1.29 is 14.2 Å². The third kappa shape index (κ3) is 3.94. The Morgan fingerprint density at radius 1 is 1.11 bits per heavy atom. The van der Waals surface area contributed by atoms with Crippen molar-refractivity contribution in [1.82, 2.24) is 4.90 Å². The molecule has 1 aromatic rings. The second kappa shape index (κ2) is 7.46. The molecular formula is C22H32ClNO3. The van der Waals surface area contributed by atoms with Crippen LogP contribution in [0.15, 0.2) is 6.07 Å². The van der Waals surface area contributed by atoms with Gasteiger partial charge in [0.05, 0.1) is 29.9 Å². The van der Waals surface area contributed by atoms with Gasteiger partial charge in [-0.2, -0.15) is 0 Å². The lowest BCUT2D eigenvalue weighted by Gasteiger charge is -2.45. The summed E-state index contributed by atoms with van der Waals surface area (Å²) in [5.74, 6) is 1.53. The summed E-state index contributed by atoms with van der Waals surface area (Å²) in [6.07, 6.45) is 7.20. The number of ether oxygens (including phenoxy) is 3. The highest BCUT2D eigenvalue weighted by Gasteiger charge is 2.37. The zero-order valence-corrected chi connectivity index (χ0v) is 17.8. The number of piperidine rings is 1. The molecular weight excluding hydrogens is 362 g/mol. The molecule has 0 radical (unpaired) electrons. The number of benzene rings is 1. The van der Waals surface area contributed by atoms with Gasteiger partial charge in [0.15, 0.2) is 11.5 Å². The van der Waals surface area contributed by atoms with Crippen LogP contribution in [-0.2, 0) is 11.2 Å². The molecule has 3 aliphatic rings. The molecule has 2 aliphatic heterocycles. The molecule has 0 N–H and O–H groups in total. The van der Waals surface area contributed by atoms with Crippen LogP contribution >= 0.6 is 11.6 Å². The predicted molar refractivity (Wildman–Crippen MR) is 108 cm³/mol. The molecule has 2 unspecified atom stereocenters. The van der Waals surface area contributed by atoms with Crippen LogP contribution in [-0.4, -0.2) is 42.9 Å². The molecule has 0 aromatic heterocycles. The summed E-state index contributed by atoms with van der Waals surface area (Å²) in [6.45, 7) is 8.43. The maximum absolute atomic E-state index is 6.83. The van der Waals surface area contributed by atoms with Crippen molar-refractivity contribution in [2.45, 2.75) is 83.1 Å². The summed E-state index contributed by atoms with van der Waals surface area (Å²) < 4.78 is 18.1. The third-order valence-electron chi connectivity index (χ3n) is 6.05. The van der Waals surface area contributed by atoms with E-state index in [4.69, 9.17) is 25.8 Å². The number of hydrogen-bond acceptors (Lipinski definition) is 4. The molecule has 4 rings (SSSR count). The Morgan fingerprint density at radius 2 is 1.89 bits per heavy atom. The Hall–Kier alpha value is -0.970. The van der Waals surface area contributed by atoms with Gasteiger partial charge in [0, 0.05) is 19.1 Å². The lowest BCUT2D eigenvalue weighted by molar-refractivity contribution is -0.0971. The molecule has 150 valence electrons. The molecule has 2 heterocycles. The van der Waals surface area contributed by atoms with Gasteiger partial charge in [-0.15, -0.1) is 0 Å². The van der Waals surface area contributed by atoms with Crippen LogP contribution in [0.2, 0.25) is 5.02 Å². The van der Waals surface area contributed by atoms with Crippen LogP contribution in [0.1, 0.15) is 70.0 Å². The molecule has 0 bridgehead atoms. The zero-order valence-electron chi connectivity index (χ0n) is 17.0. The molecule has 1 aliphatic carbocycles. The minimum Gasteiger partial charge on any atom is -0.493 e. The maximum atomic E-state index is 6.83. The molecule has 2 atom stereocenters. The highest BCUT2D eigenvalue weighted by atomic mass is 35.5. The molecule has 0 amide bonds. The number of nitrogens with zero attached hydrogens (tertiary/aromatic N) is 1. The van der Waals surface area contributed by atoms with Crippen molar-refractivity contribution in [3.05, 3.63) is 22.2 Å². The van der Waals surface area contributed by atoms with Crippen LogP contribution < -0.4 is 9.47 Å². The molecule has 0 spiro atoms. The number of methoxy groups -OCH3 is 1. The standard InChI is InChI=1S/C22H32ClNO3/c1-22(2,3)27-15-8-9-18-17-12-19(25-4)21(26-14-6-5-7-14)20(23)16(17)10-11-24(18)13-15/h12,14-15,18H,5-11,13H2,1-4H3. The fourth-order valence-electron chi connectivity index (χ4n) is 4.59. The van der Waals surface area contributed by atoms with Gasteiger partial charge in [0.1, 0.15) is 0 Å². The maximum Gasteiger partial charge on any atom is 0.180 e. The highest BCUT2D eigenvalue weighted by Crippen LogP contribution is 2.48. The highest BCUT2D eigenvalue weighted by molar-refractivity contribution is 6.33. The van der Waals surface area contributed by atoms with E-state index in [0.717, 1.165) is 61.7 Å². The van der Waals surface area contributed by atoms with Crippen molar-refractivity contribution in [3.63, 3.8) is 0 Å². The smallest absolute Gasteiger partial charge is 0.180 e. The van der Waals surface area contributed by atoms with E-state index in [1.165, 1.54) is 17.5 Å². The SMILES string of the molecule is COc1cc2c(c(Cl)c1OC1CCC1)CCN1CC(OC(C)(C)C)CCC21. The lowest BCUT2D eigenvalue weighted by Crippen LogP contribution is -2.47. The second-order valence-corrected chi connectivity index (χ2v) is 9.53. The summed E-state index contributed by atoms with van der Waals surface area (Å²) in [7, 11) is 1.71. The van der Waals surface area contributed by atoms with E-state index in [-0.39, 0.29) is 5.60 Å². The predicted octanol–water partition coefficient (Wildman–Crippen LogP) is 5.16. The summed E-state index contributed by atoms with van der Waals surface area (Å²) in [5, 5.41) is 0.768. The normalized spacial score (nSPS) is 26.1. The first-order valence-corrected chi connectivity index (χ1v) is 10.7. The van der Waals surface area contributed by atoms with E-state index in [1.54, 1.807) is 7.11 Å². The van der Waals surface area contributed by atoms with Crippen LogP contribution in [0.5, 0.6) is 11.5 Å². The van der Waals surface area contributed by atoms with E-state index >= 15 is 0 Å². The molecule has 5 heteroatoms. The number of halogens is 1. The van der Waals surface area contributed by atoms with Crippen molar-refractivity contribution in [2.75, 3.05) is 20.2 Å².